The van der Waals surface area contributed by atoms with Gasteiger partial charge in [0.15, 0.2) is 9.84 Å². The Morgan fingerprint density at radius 1 is 1.33 bits per heavy atom. The predicted octanol–water partition coefficient (Wildman–Crippen LogP) is 2.18. The molecule has 1 aliphatic rings. The summed E-state index contributed by atoms with van der Waals surface area (Å²) in [5.41, 5.74) is 0.678. The van der Waals surface area contributed by atoms with Crippen molar-refractivity contribution in [3.05, 3.63) is 30.2 Å². The highest BCUT2D eigenvalue weighted by Gasteiger charge is 2.29. The van der Waals surface area contributed by atoms with E-state index in [1.54, 1.807) is 24.3 Å². The molecule has 1 saturated heterocycles. The van der Waals surface area contributed by atoms with Crippen molar-refractivity contribution in [2.24, 2.45) is 5.92 Å². The molecule has 0 radical (unpaired) electrons. The number of carbonyl (C=O) groups excluding carboxylic acids is 1. The van der Waals surface area contributed by atoms with Crippen LogP contribution >= 0.6 is 11.8 Å². The Labute approximate surface area is 162 Å². The molecule has 0 spiro atoms. The van der Waals surface area contributed by atoms with Gasteiger partial charge in [-0.1, -0.05) is 11.8 Å². The van der Waals surface area contributed by atoms with E-state index in [2.05, 4.69) is 15.5 Å². The second-order valence-electron chi connectivity index (χ2n) is 6.23. The average molecular weight is 412 g/mol. The standard InChI is InChI=1S/C17H21N3O5S2/c1-2-24-14-5-3-13(4-6-14)18-15(21)10-26-17-20-19-16(25-17)9-12-7-8-27(22,23)11-12/h3-6,12H,2,7-11H2,1H3,(H,18,21)/t12-/m1/s1. The zero-order valence-electron chi connectivity index (χ0n) is 14.9. The largest absolute Gasteiger partial charge is 0.494 e. The average Bonchev–Trinajstić information content (AvgIpc) is 3.21. The number of aromatic nitrogens is 2. The van der Waals surface area contributed by atoms with E-state index in [-0.39, 0.29) is 29.1 Å². The summed E-state index contributed by atoms with van der Waals surface area (Å²) in [6.45, 7) is 2.50. The first-order valence-corrected chi connectivity index (χ1v) is 11.4. The summed E-state index contributed by atoms with van der Waals surface area (Å²) in [4.78, 5) is 12.0. The molecular weight excluding hydrogens is 390 g/mol. The Hall–Kier alpha value is -2.07. The number of ether oxygens (including phenoxy) is 1. The number of sulfone groups is 1. The molecule has 146 valence electrons. The minimum atomic E-state index is -2.92. The summed E-state index contributed by atoms with van der Waals surface area (Å²) in [7, 11) is -2.92. The van der Waals surface area contributed by atoms with E-state index in [0.717, 1.165) is 17.5 Å². The second kappa shape index (κ2) is 8.75. The number of thioether (sulfide) groups is 1. The van der Waals surface area contributed by atoms with Gasteiger partial charge in [0.25, 0.3) is 5.22 Å². The van der Waals surface area contributed by atoms with Gasteiger partial charge in [-0.15, -0.1) is 10.2 Å². The fraction of sp³-hybridized carbons (Fsp3) is 0.471. The van der Waals surface area contributed by atoms with Gasteiger partial charge in [0.1, 0.15) is 5.75 Å². The molecule has 10 heteroatoms. The Balaban J connectivity index is 1.44. The van der Waals surface area contributed by atoms with Crippen LogP contribution in [0.3, 0.4) is 0 Å². The molecular formula is C17H21N3O5S2. The normalized spacial score (nSPS) is 18.3. The zero-order valence-corrected chi connectivity index (χ0v) is 16.5. The lowest BCUT2D eigenvalue weighted by atomic mass is 10.1. The zero-order chi connectivity index (χ0) is 19.3. The van der Waals surface area contributed by atoms with Crippen LogP contribution < -0.4 is 10.1 Å². The van der Waals surface area contributed by atoms with Crippen LogP contribution in [0.5, 0.6) is 5.75 Å². The number of nitrogens with one attached hydrogen (secondary N) is 1. The molecule has 2 heterocycles. The van der Waals surface area contributed by atoms with Gasteiger partial charge < -0.3 is 14.5 Å². The van der Waals surface area contributed by atoms with Crippen molar-refractivity contribution in [2.45, 2.75) is 25.0 Å². The minimum Gasteiger partial charge on any atom is -0.494 e. The number of rotatable bonds is 8. The van der Waals surface area contributed by atoms with E-state index in [0.29, 0.717) is 36.2 Å². The third kappa shape index (κ3) is 5.96. The molecule has 0 saturated carbocycles. The number of hydrogen-bond donors (Lipinski definition) is 1. The van der Waals surface area contributed by atoms with Crippen molar-refractivity contribution >= 4 is 33.2 Å². The van der Waals surface area contributed by atoms with Crippen LogP contribution in [0, 0.1) is 5.92 Å². The molecule has 3 rings (SSSR count). The lowest BCUT2D eigenvalue weighted by Gasteiger charge is -2.06. The Kier molecular flexibility index (Phi) is 6.38. The van der Waals surface area contributed by atoms with Crippen LogP contribution in [0.4, 0.5) is 5.69 Å². The SMILES string of the molecule is CCOc1ccc(NC(=O)CSc2nnc(C[C@H]3CCS(=O)(=O)C3)o2)cc1. The molecule has 27 heavy (non-hydrogen) atoms. The molecule has 1 aliphatic heterocycles. The Bertz CT molecular complexity index is 880. The van der Waals surface area contributed by atoms with Gasteiger partial charge in [0.05, 0.1) is 23.9 Å². The molecule has 0 bridgehead atoms. The van der Waals surface area contributed by atoms with Gasteiger partial charge in [0, 0.05) is 12.1 Å². The first-order valence-electron chi connectivity index (χ1n) is 8.62. The Morgan fingerprint density at radius 2 is 2.11 bits per heavy atom. The maximum atomic E-state index is 12.0. The van der Waals surface area contributed by atoms with E-state index in [4.69, 9.17) is 9.15 Å². The third-order valence-corrected chi connectivity index (χ3v) is 6.67. The maximum absolute atomic E-state index is 12.0. The molecule has 0 aliphatic carbocycles. The number of nitrogens with zero attached hydrogens (tertiary/aromatic N) is 2. The van der Waals surface area contributed by atoms with Gasteiger partial charge >= 0.3 is 0 Å². The molecule has 2 aromatic rings. The van der Waals surface area contributed by atoms with Crippen LogP contribution in [0.2, 0.25) is 0 Å². The number of amides is 1. The first kappa shape index (κ1) is 19.7. The van der Waals surface area contributed by atoms with Crippen molar-refractivity contribution in [2.75, 3.05) is 29.2 Å². The van der Waals surface area contributed by atoms with Crippen LogP contribution in [0.15, 0.2) is 33.9 Å². The van der Waals surface area contributed by atoms with Crippen LogP contribution in [-0.4, -0.2) is 48.4 Å². The van der Waals surface area contributed by atoms with Gasteiger partial charge in [-0.3, -0.25) is 4.79 Å². The monoisotopic (exact) mass is 411 g/mol. The quantitative estimate of drug-likeness (QED) is 0.658. The highest BCUT2D eigenvalue weighted by Crippen LogP contribution is 2.24. The predicted molar refractivity (Wildman–Crippen MR) is 102 cm³/mol. The summed E-state index contributed by atoms with van der Waals surface area (Å²) < 4.78 is 33.8. The summed E-state index contributed by atoms with van der Waals surface area (Å²) in [6.07, 6.45) is 1.07. The van der Waals surface area contributed by atoms with E-state index >= 15 is 0 Å². The van der Waals surface area contributed by atoms with Gasteiger partial charge in [-0.05, 0) is 43.5 Å². The summed E-state index contributed by atoms with van der Waals surface area (Å²) in [5.74, 6) is 1.51. The second-order valence-corrected chi connectivity index (χ2v) is 9.38. The molecule has 1 aromatic carbocycles. The molecule has 1 atom stereocenters. The van der Waals surface area contributed by atoms with Crippen LogP contribution in [0.25, 0.3) is 0 Å². The van der Waals surface area contributed by atoms with E-state index in [1.807, 2.05) is 6.92 Å². The first-order chi connectivity index (χ1) is 12.9. The van der Waals surface area contributed by atoms with Crippen LogP contribution in [-0.2, 0) is 21.1 Å². The molecule has 0 unspecified atom stereocenters. The topological polar surface area (TPSA) is 111 Å². The van der Waals surface area contributed by atoms with Gasteiger partial charge in [-0.2, -0.15) is 0 Å². The maximum Gasteiger partial charge on any atom is 0.277 e. The van der Waals surface area contributed by atoms with Crippen molar-refractivity contribution in [1.29, 1.82) is 0 Å². The fourth-order valence-electron chi connectivity index (χ4n) is 2.78. The Morgan fingerprint density at radius 3 is 2.78 bits per heavy atom. The van der Waals surface area contributed by atoms with Gasteiger partial charge in [0.2, 0.25) is 11.8 Å². The number of carbonyl (C=O) groups is 1. The molecule has 1 amide bonds. The molecule has 8 nitrogen and oxygen atoms in total. The van der Waals surface area contributed by atoms with E-state index in [9.17, 15) is 13.2 Å². The van der Waals surface area contributed by atoms with Crippen molar-refractivity contribution in [3.63, 3.8) is 0 Å². The smallest absolute Gasteiger partial charge is 0.277 e. The summed E-state index contributed by atoms with van der Waals surface area (Å²) in [6, 6.07) is 7.13. The highest BCUT2D eigenvalue weighted by molar-refractivity contribution is 7.99. The summed E-state index contributed by atoms with van der Waals surface area (Å²) in [5, 5.41) is 10.9. The third-order valence-electron chi connectivity index (χ3n) is 4.01. The fourth-order valence-corrected chi connectivity index (χ4v) is 5.23. The van der Waals surface area contributed by atoms with Crippen LogP contribution in [0.1, 0.15) is 19.2 Å². The molecule has 1 N–H and O–H groups in total. The minimum absolute atomic E-state index is 0.0243. The molecule has 1 fully saturated rings. The number of anilines is 1. The van der Waals surface area contributed by atoms with E-state index in [1.165, 1.54) is 0 Å². The van der Waals surface area contributed by atoms with Crippen molar-refractivity contribution in [1.82, 2.24) is 10.2 Å². The number of benzene rings is 1. The lowest BCUT2D eigenvalue weighted by Crippen LogP contribution is -2.13. The lowest BCUT2D eigenvalue weighted by molar-refractivity contribution is -0.113. The highest BCUT2D eigenvalue weighted by atomic mass is 32.2. The summed E-state index contributed by atoms with van der Waals surface area (Å²) >= 11 is 1.14. The van der Waals surface area contributed by atoms with Crippen molar-refractivity contribution < 1.29 is 22.4 Å². The number of hydrogen-bond acceptors (Lipinski definition) is 8. The molecule has 1 aromatic heterocycles. The van der Waals surface area contributed by atoms with Crippen molar-refractivity contribution in [3.8, 4) is 5.75 Å². The van der Waals surface area contributed by atoms with E-state index < -0.39 is 9.84 Å². The van der Waals surface area contributed by atoms with Gasteiger partial charge in [-0.25, -0.2) is 8.42 Å².